The molecule has 2 aromatic carbocycles. The number of nitrogens with two attached hydrogens (primary N) is 1. The fraction of sp³-hybridized carbons (Fsp3) is 0.133. The zero-order chi connectivity index (χ0) is 14.7. The number of carbonyl (C=O) groups is 1. The molecule has 0 saturated carbocycles. The molecule has 0 bridgehead atoms. The van der Waals surface area contributed by atoms with E-state index in [2.05, 4.69) is 0 Å². The molecule has 0 aliphatic carbocycles. The highest BCUT2D eigenvalue weighted by atomic mass is 19.1. The van der Waals surface area contributed by atoms with E-state index in [0.29, 0.717) is 11.1 Å². The van der Waals surface area contributed by atoms with Crippen molar-refractivity contribution < 1.29 is 18.7 Å². The van der Waals surface area contributed by atoms with E-state index in [0.717, 1.165) is 0 Å². The molecule has 1 atom stereocenters. The molecule has 0 amide bonds. The predicted molar refractivity (Wildman–Crippen MR) is 70.3 cm³/mol. The number of benzene rings is 2. The Morgan fingerprint density at radius 1 is 0.900 bits per heavy atom. The van der Waals surface area contributed by atoms with E-state index < -0.39 is 29.6 Å². The number of carboxylic acids is 1. The smallest absolute Gasteiger partial charge is 0.321 e. The van der Waals surface area contributed by atoms with Gasteiger partial charge in [-0.05, 0) is 35.4 Å². The minimum Gasteiger partial charge on any atom is -0.480 e. The lowest BCUT2D eigenvalue weighted by atomic mass is 9.85. The quantitative estimate of drug-likeness (QED) is 0.902. The zero-order valence-electron chi connectivity index (χ0n) is 10.5. The molecular formula is C15H13F2NO2. The van der Waals surface area contributed by atoms with E-state index >= 15 is 0 Å². The van der Waals surface area contributed by atoms with Gasteiger partial charge in [0.15, 0.2) is 0 Å². The molecule has 0 heterocycles. The molecule has 0 radical (unpaired) electrons. The van der Waals surface area contributed by atoms with Crippen molar-refractivity contribution >= 4 is 5.97 Å². The second kappa shape index (κ2) is 5.79. The van der Waals surface area contributed by atoms with Crippen LogP contribution in [0.25, 0.3) is 0 Å². The maximum Gasteiger partial charge on any atom is 0.321 e. The summed E-state index contributed by atoms with van der Waals surface area (Å²) in [5, 5.41) is 9.11. The zero-order valence-corrected chi connectivity index (χ0v) is 10.5. The Morgan fingerprint density at radius 2 is 1.25 bits per heavy atom. The Balaban J connectivity index is 2.46. The van der Waals surface area contributed by atoms with Gasteiger partial charge in [-0.3, -0.25) is 4.79 Å². The van der Waals surface area contributed by atoms with Crippen LogP contribution in [0.3, 0.4) is 0 Å². The molecule has 104 valence electrons. The summed E-state index contributed by atoms with van der Waals surface area (Å²) in [6.45, 7) is 0. The number of aliphatic carboxylic acids is 1. The topological polar surface area (TPSA) is 63.3 Å². The van der Waals surface area contributed by atoms with Crippen molar-refractivity contribution in [1.82, 2.24) is 0 Å². The molecule has 3 N–H and O–H groups in total. The Morgan fingerprint density at radius 3 is 1.55 bits per heavy atom. The largest absolute Gasteiger partial charge is 0.480 e. The van der Waals surface area contributed by atoms with Gasteiger partial charge in [0, 0.05) is 5.92 Å². The van der Waals surface area contributed by atoms with E-state index in [9.17, 15) is 13.6 Å². The Hall–Kier alpha value is -2.27. The normalized spacial score (nSPS) is 12.4. The molecule has 3 nitrogen and oxygen atoms in total. The van der Waals surface area contributed by atoms with Crippen LogP contribution in [0.1, 0.15) is 17.0 Å². The Bertz CT molecular complexity index is 551. The summed E-state index contributed by atoms with van der Waals surface area (Å²) in [4.78, 5) is 11.1. The standard InChI is InChI=1S/C15H13F2NO2/c16-11-5-1-9(2-6-11)13(14(18)15(19)20)10-3-7-12(17)8-4-10/h1-8,13-14H,18H2,(H,19,20). The van der Waals surface area contributed by atoms with Crippen molar-refractivity contribution in [2.24, 2.45) is 5.73 Å². The third-order valence-corrected chi connectivity index (χ3v) is 3.10. The van der Waals surface area contributed by atoms with E-state index in [1.807, 2.05) is 0 Å². The van der Waals surface area contributed by atoms with Gasteiger partial charge in [-0.2, -0.15) is 0 Å². The van der Waals surface area contributed by atoms with Gasteiger partial charge in [-0.15, -0.1) is 0 Å². The summed E-state index contributed by atoms with van der Waals surface area (Å²) < 4.78 is 25.9. The minimum atomic E-state index is -1.20. The van der Waals surface area contributed by atoms with Gasteiger partial charge in [0.1, 0.15) is 17.7 Å². The number of hydrogen-bond acceptors (Lipinski definition) is 2. The fourth-order valence-electron chi connectivity index (χ4n) is 2.09. The molecule has 0 aromatic heterocycles. The molecule has 2 aromatic rings. The lowest BCUT2D eigenvalue weighted by Crippen LogP contribution is -2.37. The molecular weight excluding hydrogens is 264 g/mol. The summed E-state index contributed by atoms with van der Waals surface area (Å²) in [5.74, 6) is -2.69. The van der Waals surface area contributed by atoms with Gasteiger partial charge in [-0.25, -0.2) is 8.78 Å². The average molecular weight is 277 g/mol. The summed E-state index contributed by atoms with van der Waals surface area (Å²) in [7, 11) is 0. The van der Waals surface area contributed by atoms with E-state index in [1.165, 1.54) is 48.5 Å². The van der Waals surface area contributed by atoms with E-state index in [-0.39, 0.29) is 0 Å². The monoisotopic (exact) mass is 277 g/mol. The van der Waals surface area contributed by atoms with Crippen LogP contribution in [0, 0.1) is 11.6 Å². The van der Waals surface area contributed by atoms with Gasteiger partial charge in [-0.1, -0.05) is 24.3 Å². The highest BCUT2D eigenvalue weighted by molar-refractivity contribution is 5.75. The summed E-state index contributed by atoms with van der Waals surface area (Å²) >= 11 is 0. The van der Waals surface area contributed by atoms with Crippen molar-refractivity contribution in [1.29, 1.82) is 0 Å². The number of hydrogen-bond donors (Lipinski definition) is 2. The number of rotatable bonds is 4. The van der Waals surface area contributed by atoms with Crippen LogP contribution in [0.2, 0.25) is 0 Å². The molecule has 0 aliphatic rings. The van der Waals surface area contributed by atoms with Gasteiger partial charge < -0.3 is 10.8 Å². The summed E-state index contributed by atoms with van der Waals surface area (Å²) in [6.07, 6.45) is 0. The molecule has 20 heavy (non-hydrogen) atoms. The van der Waals surface area contributed by atoms with Crippen LogP contribution >= 0.6 is 0 Å². The van der Waals surface area contributed by atoms with Crippen LogP contribution in [0.4, 0.5) is 8.78 Å². The summed E-state index contributed by atoms with van der Waals surface area (Å²) in [6, 6.07) is 9.66. The van der Waals surface area contributed by atoms with Crippen LogP contribution in [-0.2, 0) is 4.79 Å². The van der Waals surface area contributed by atoms with Gasteiger partial charge in [0.25, 0.3) is 0 Å². The molecule has 0 spiro atoms. The van der Waals surface area contributed by atoms with Gasteiger partial charge in [0.05, 0.1) is 0 Å². The lowest BCUT2D eigenvalue weighted by molar-refractivity contribution is -0.138. The Kier molecular flexibility index (Phi) is 4.10. The minimum absolute atomic E-state index is 0.421. The SMILES string of the molecule is NC(C(=O)O)C(c1ccc(F)cc1)c1ccc(F)cc1. The highest BCUT2D eigenvalue weighted by Gasteiger charge is 2.27. The maximum absolute atomic E-state index is 13.0. The van der Waals surface area contributed by atoms with Crippen molar-refractivity contribution in [3.63, 3.8) is 0 Å². The maximum atomic E-state index is 13.0. The average Bonchev–Trinajstić information content (AvgIpc) is 2.43. The predicted octanol–water partition coefficient (Wildman–Crippen LogP) is 2.51. The summed E-state index contributed by atoms with van der Waals surface area (Å²) in [5.41, 5.74) is 6.84. The first-order valence-corrected chi connectivity index (χ1v) is 5.98. The first-order valence-electron chi connectivity index (χ1n) is 5.98. The number of halogens is 2. The van der Waals surface area contributed by atoms with Crippen molar-refractivity contribution in [2.45, 2.75) is 12.0 Å². The molecule has 5 heteroatoms. The van der Waals surface area contributed by atoms with Crippen LogP contribution in [0.15, 0.2) is 48.5 Å². The van der Waals surface area contributed by atoms with Gasteiger partial charge in [0.2, 0.25) is 0 Å². The lowest BCUT2D eigenvalue weighted by Gasteiger charge is -2.22. The van der Waals surface area contributed by atoms with Crippen molar-refractivity contribution in [3.8, 4) is 0 Å². The fourth-order valence-corrected chi connectivity index (χ4v) is 2.09. The third-order valence-electron chi connectivity index (χ3n) is 3.10. The second-order valence-electron chi connectivity index (χ2n) is 4.44. The van der Waals surface area contributed by atoms with Crippen molar-refractivity contribution in [3.05, 3.63) is 71.3 Å². The number of carboxylic acid groups (broad SMARTS) is 1. The molecule has 2 rings (SSSR count). The van der Waals surface area contributed by atoms with Crippen LogP contribution in [0.5, 0.6) is 0 Å². The second-order valence-corrected chi connectivity index (χ2v) is 4.44. The van der Waals surface area contributed by atoms with Crippen molar-refractivity contribution in [2.75, 3.05) is 0 Å². The third kappa shape index (κ3) is 3.00. The van der Waals surface area contributed by atoms with Crippen LogP contribution < -0.4 is 5.73 Å². The molecule has 0 aliphatic heterocycles. The van der Waals surface area contributed by atoms with E-state index in [1.54, 1.807) is 0 Å². The van der Waals surface area contributed by atoms with Gasteiger partial charge >= 0.3 is 5.97 Å². The van der Waals surface area contributed by atoms with E-state index in [4.69, 9.17) is 10.8 Å². The first-order chi connectivity index (χ1) is 9.49. The van der Waals surface area contributed by atoms with Crippen LogP contribution in [-0.4, -0.2) is 17.1 Å². The Labute approximate surface area is 114 Å². The first kappa shape index (κ1) is 14.1. The molecule has 1 unspecified atom stereocenters. The highest BCUT2D eigenvalue weighted by Crippen LogP contribution is 2.28. The molecule has 0 saturated heterocycles. The molecule has 0 fully saturated rings.